The summed E-state index contributed by atoms with van der Waals surface area (Å²) in [4.78, 5) is 24.6. The van der Waals surface area contributed by atoms with Crippen molar-refractivity contribution in [2.75, 3.05) is 32.1 Å². The number of anilines is 1. The van der Waals surface area contributed by atoms with Crippen molar-refractivity contribution in [1.29, 1.82) is 0 Å². The third-order valence-electron chi connectivity index (χ3n) is 4.86. The number of morpholine rings is 1. The van der Waals surface area contributed by atoms with E-state index in [1.54, 1.807) is 26.0 Å². The molecule has 2 aromatic rings. The van der Waals surface area contributed by atoms with E-state index in [1.165, 1.54) is 41.7 Å². The van der Waals surface area contributed by atoms with Crippen molar-refractivity contribution in [3.05, 3.63) is 53.1 Å². The Bertz CT molecular complexity index is 1130. The monoisotopic (exact) mass is 496 g/mol. The van der Waals surface area contributed by atoms with E-state index in [-0.39, 0.29) is 35.8 Å². The third-order valence-corrected chi connectivity index (χ3v) is 6.93. The number of sulfonamides is 1. The zero-order valence-corrected chi connectivity index (χ0v) is 20.0. The van der Waals surface area contributed by atoms with Gasteiger partial charge in [-0.05, 0) is 50.2 Å². The lowest BCUT2D eigenvalue weighted by atomic mass is 10.2. The number of nitrogens with zero attached hydrogens (tertiary/aromatic N) is 1. The Kier molecular flexibility index (Phi) is 7.96. The second kappa shape index (κ2) is 10.5. The first-order chi connectivity index (χ1) is 15.6. The predicted octanol–water partition coefficient (Wildman–Crippen LogP) is 2.94. The molecule has 0 saturated carbocycles. The van der Waals surface area contributed by atoms with Gasteiger partial charge < -0.3 is 19.5 Å². The van der Waals surface area contributed by atoms with Crippen LogP contribution in [0.5, 0.6) is 5.75 Å². The Balaban J connectivity index is 1.66. The number of hydrogen-bond acceptors (Lipinski definition) is 7. The van der Waals surface area contributed by atoms with Crippen LogP contribution in [0.15, 0.2) is 47.4 Å². The molecular weight excluding hydrogens is 472 g/mol. The van der Waals surface area contributed by atoms with Crippen LogP contribution in [-0.2, 0) is 24.3 Å². The van der Waals surface area contributed by atoms with Crippen molar-refractivity contribution in [2.24, 2.45) is 0 Å². The maximum Gasteiger partial charge on any atom is 0.338 e. The SMILES string of the molecule is COc1ccc(Cl)cc1NC(=O)COC(=O)c1cccc(S(=O)(=O)N2CC(C)OC(C)C2)c1. The highest BCUT2D eigenvalue weighted by molar-refractivity contribution is 7.89. The van der Waals surface area contributed by atoms with E-state index in [2.05, 4.69) is 5.32 Å². The Morgan fingerprint density at radius 1 is 1.15 bits per heavy atom. The van der Waals surface area contributed by atoms with Crippen LogP contribution >= 0.6 is 11.6 Å². The molecule has 1 fully saturated rings. The summed E-state index contributed by atoms with van der Waals surface area (Å²) in [6.45, 7) is 3.46. The summed E-state index contributed by atoms with van der Waals surface area (Å²) in [6, 6.07) is 10.2. The van der Waals surface area contributed by atoms with Crippen molar-refractivity contribution in [2.45, 2.75) is 31.0 Å². The van der Waals surface area contributed by atoms with Crippen molar-refractivity contribution >= 4 is 39.2 Å². The van der Waals surface area contributed by atoms with E-state index in [1.807, 2.05) is 0 Å². The summed E-state index contributed by atoms with van der Waals surface area (Å²) in [7, 11) is -2.39. The molecule has 2 unspecified atom stereocenters. The summed E-state index contributed by atoms with van der Waals surface area (Å²) >= 11 is 5.94. The summed E-state index contributed by atoms with van der Waals surface area (Å²) in [5.74, 6) is -1.04. The molecular formula is C22H25ClN2O7S. The minimum atomic E-state index is -3.83. The van der Waals surface area contributed by atoms with Gasteiger partial charge in [0.2, 0.25) is 10.0 Å². The van der Waals surface area contributed by atoms with Crippen LogP contribution in [0.2, 0.25) is 5.02 Å². The van der Waals surface area contributed by atoms with Gasteiger partial charge in [-0.3, -0.25) is 4.79 Å². The number of hydrogen-bond donors (Lipinski definition) is 1. The predicted molar refractivity (Wildman–Crippen MR) is 122 cm³/mol. The molecule has 1 heterocycles. The van der Waals surface area contributed by atoms with Crippen LogP contribution in [0, 0.1) is 0 Å². The highest BCUT2D eigenvalue weighted by Gasteiger charge is 2.32. The third kappa shape index (κ3) is 6.23. The smallest absolute Gasteiger partial charge is 0.338 e. The van der Waals surface area contributed by atoms with Crippen LogP contribution in [0.25, 0.3) is 0 Å². The summed E-state index contributed by atoms with van der Waals surface area (Å²) in [5, 5.41) is 2.95. The van der Waals surface area contributed by atoms with Crippen LogP contribution in [0.4, 0.5) is 5.69 Å². The van der Waals surface area contributed by atoms with Gasteiger partial charge in [-0.2, -0.15) is 4.31 Å². The van der Waals surface area contributed by atoms with E-state index >= 15 is 0 Å². The summed E-state index contributed by atoms with van der Waals surface area (Å²) in [6.07, 6.45) is -0.485. The maximum atomic E-state index is 13.0. The van der Waals surface area contributed by atoms with Gasteiger partial charge in [-0.25, -0.2) is 13.2 Å². The molecule has 2 aromatic carbocycles. The fraction of sp³-hybridized carbons (Fsp3) is 0.364. The lowest BCUT2D eigenvalue weighted by Crippen LogP contribution is -2.48. The number of carbonyl (C=O) groups excluding carboxylic acids is 2. The molecule has 0 spiro atoms. The molecule has 1 amide bonds. The second-order valence-corrected chi connectivity index (χ2v) is 9.95. The molecule has 2 atom stereocenters. The van der Waals surface area contributed by atoms with Crippen molar-refractivity contribution < 1.29 is 32.2 Å². The molecule has 1 saturated heterocycles. The number of halogens is 1. The zero-order chi connectivity index (χ0) is 24.2. The first-order valence-corrected chi connectivity index (χ1v) is 12.0. The molecule has 0 radical (unpaired) electrons. The molecule has 3 rings (SSSR count). The number of rotatable bonds is 7. The average Bonchev–Trinajstić information content (AvgIpc) is 2.77. The van der Waals surface area contributed by atoms with Crippen LogP contribution in [0.3, 0.4) is 0 Å². The maximum absolute atomic E-state index is 13.0. The van der Waals surface area contributed by atoms with Gasteiger partial charge in [-0.15, -0.1) is 0 Å². The fourth-order valence-corrected chi connectivity index (χ4v) is 5.25. The first kappa shape index (κ1) is 25.0. The van der Waals surface area contributed by atoms with Gasteiger partial charge in [-0.1, -0.05) is 17.7 Å². The highest BCUT2D eigenvalue weighted by atomic mass is 35.5. The molecule has 0 aliphatic carbocycles. The van der Waals surface area contributed by atoms with Crippen molar-refractivity contribution in [3.8, 4) is 5.75 Å². The standard InChI is InChI=1S/C22H25ClN2O7S/c1-14-11-25(12-15(2)32-14)33(28,29)18-6-4-5-16(9-18)22(27)31-13-21(26)24-19-10-17(23)7-8-20(19)30-3/h4-10,14-15H,11-13H2,1-3H3,(H,24,26). The topological polar surface area (TPSA) is 111 Å². The van der Waals surface area contributed by atoms with Crippen LogP contribution in [-0.4, -0.2) is 63.6 Å². The second-order valence-electron chi connectivity index (χ2n) is 7.58. The van der Waals surface area contributed by atoms with Gasteiger partial charge in [0.1, 0.15) is 5.75 Å². The number of carbonyl (C=O) groups is 2. The highest BCUT2D eigenvalue weighted by Crippen LogP contribution is 2.27. The molecule has 1 N–H and O–H groups in total. The van der Waals surface area contributed by atoms with E-state index in [0.29, 0.717) is 16.5 Å². The Morgan fingerprint density at radius 3 is 2.52 bits per heavy atom. The minimum absolute atomic E-state index is 0.0126. The van der Waals surface area contributed by atoms with Crippen LogP contribution in [0.1, 0.15) is 24.2 Å². The van der Waals surface area contributed by atoms with Crippen LogP contribution < -0.4 is 10.1 Å². The number of benzene rings is 2. The van der Waals surface area contributed by atoms with E-state index in [0.717, 1.165) is 0 Å². The molecule has 1 aliphatic heterocycles. The van der Waals surface area contributed by atoms with Gasteiger partial charge in [0.15, 0.2) is 6.61 Å². The van der Waals surface area contributed by atoms with Crippen molar-refractivity contribution in [1.82, 2.24) is 4.31 Å². The number of amides is 1. The molecule has 178 valence electrons. The Morgan fingerprint density at radius 2 is 1.85 bits per heavy atom. The normalized spacial score (nSPS) is 19.0. The molecule has 0 bridgehead atoms. The summed E-state index contributed by atoms with van der Waals surface area (Å²) in [5.41, 5.74) is 0.340. The van der Waals surface area contributed by atoms with E-state index in [9.17, 15) is 18.0 Å². The number of methoxy groups -OCH3 is 1. The van der Waals surface area contributed by atoms with Gasteiger partial charge in [0.05, 0.1) is 35.5 Å². The van der Waals surface area contributed by atoms with Crippen molar-refractivity contribution in [3.63, 3.8) is 0 Å². The molecule has 1 aliphatic rings. The average molecular weight is 497 g/mol. The summed E-state index contributed by atoms with van der Waals surface area (Å²) < 4.78 is 43.2. The van der Waals surface area contributed by atoms with E-state index in [4.69, 9.17) is 25.8 Å². The molecule has 33 heavy (non-hydrogen) atoms. The van der Waals surface area contributed by atoms with E-state index < -0.39 is 28.5 Å². The van der Waals surface area contributed by atoms with Gasteiger partial charge >= 0.3 is 5.97 Å². The Hall–Kier alpha value is -2.66. The molecule has 11 heteroatoms. The van der Waals surface area contributed by atoms with Gasteiger partial charge in [0, 0.05) is 18.1 Å². The zero-order valence-electron chi connectivity index (χ0n) is 18.4. The number of ether oxygens (including phenoxy) is 3. The lowest BCUT2D eigenvalue weighted by molar-refractivity contribution is -0.119. The Labute approximate surface area is 197 Å². The minimum Gasteiger partial charge on any atom is -0.495 e. The molecule has 0 aromatic heterocycles. The quantitative estimate of drug-likeness (QED) is 0.586. The fourth-order valence-electron chi connectivity index (χ4n) is 3.44. The number of nitrogens with one attached hydrogen (secondary N) is 1. The van der Waals surface area contributed by atoms with Gasteiger partial charge in [0.25, 0.3) is 5.91 Å². The lowest BCUT2D eigenvalue weighted by Gasteiger charge is -2.34. The first-order valence-electron chi connectivity index (χ1n) is 10.2. The number of esters is 1. The largest absolute Gasteiger partial charge is 0.495 e. The molecule has 9 nitrogen and oxygen atoms in total.